The highest BCUT2D eigenvalue weighted by Gasteiger charge is 2.48. The second-order valence-electron chi connectivity index (χ2n) is 8.40. The van der Waals surface area contributed by atoms with Gasteiger partial charge in [0.2, 0.25) is 10.0 Å². The van der Waals surface area contributed by atoms with Crippen molar-refractivity contribution in [1.29, 1.82) is 5.26 Å². The molecule has 3 aromatic rings. The Balaban J connectivity index is 1.62. The predicted molar refractivity (Wildman–Crippen MR) is 122 cm³/mol. The lowest BCUT2D eigenvalue weighted by Crippen LogP contribution is -2.42. The van der Waals surface area contributed by atoms with Crippen molar-refractivity contribution in [3.05, 3.63) is 83.7 Å². The summed E-state index contributed by atoms with van der Waals surface area (Å²) in [6, 6.07) is 19.4. The minimum Gasteiger partial charge on any atom is -0.394 e. The summed E-state index contributed by atoms with van der Waals surface area (Å²) in [5, 5.41) is 22.6. The largest absolute Gasteiger partial charge is 0.394 e. The van der Waals surface area contributed by atoms with E-state index in [1.54, 1.807) is 12.1 Å². The third-order valence-electron chi connectivity index (χ3n) is 6.55. The van der Waals surface area contributed by atoms with E-state index in [1.807, 2.05) is 30.3 Å². The Morgan fingerprint density at radius 2 is 1.88 bits per heavy atom. The first-order valence-electron chi connectivity index (χ1n) is 10.7. The number of fused-ring (bicyclic) bond motifs is 3. The van der Waals surface area contributed by atoms with Crippen molar-refractivity contribution in [1.82, 2.24) is 4.31 Å². The van der Waals surface area contributed by atoms with Crippen LogP contribution in [-0.4, -0.2) is 37.0 Å². The van der Waals surface area contributed by atoms with Gasteiger partial charge in [0.25, 0.3) is 0 Å². The standard InChI is InChI=1S/C25H22FN3O3S/c26-19-5-2-6-20(13-19)33(31,32)29-10-9-21-24(15-30)28-23-8-7-18(12-22(23)25(21)29)17-4-1-3-16(11-17)14-27/h1-8,11-13,21,24-25,28,30H,9-10,15H2/t21-,24-,25-/m1/s1. The van der Waals surface area contributed by atoms with Gasteiger partial charge < -0.3 is 10.4 Å². The van der Waals surface area contributed by atoms with Crippen LogP contribution in [0.3, 0.4) is 0 Å². The third-order valence-corrected chi connectivity index (χ3v) is 8.43. The molecule has 168 valence electrons. The van der Waals surface area contributed by atoms with Crippen molar-refractivity contribution in [2.75, 3.05) is 18.5 Å². The average molecular weight is 464 g/mol. The molecule has 2 N–H and O–H groups in total. The second-order valence-corrected chi connectivity index (χ2v) is 10.3. The molecular formula is C25H22FN3O3S. The van der Waals surface area contributed by atoms with E-state index in [9.17, 15) is 23.2 Å². The number of nitrogens with one attached hydrogen (secondary N) is 1. The number of halogens is 1. The molecule has 33 heavy (non-hydrogen) atoms. The van der Waals surface area contributed by atoms with Gasteiger partial charge >= 0.3 is 0 Å². The molecule has 3 atom stereocenters. The number of hydrogen-bond acceptors (Lipinski definition) is 5. The summed E-state index contributed by atoms with van der Waals surface area (Å²) in [7, 11) is -3.95. The Morgan fingerprint density at radius 3 is 2.64 bits per heavy atom. The van der Waals surface area contributed by atoms with Crippen molar-refractivity contribution in [2.24, 2.45) is 5.92 Å². The molecule has 0 aromatic heterocycles. The van der Waals surface area contributed by atoms with E-state index in [2.05, 4.69) is 11.4 Å². The fraction of sp³-hybridized carbons (Fsp3) is 0.240. The van der Waals surface area contributed by atoms with Gasteiger partial charge in [-0.05, 0) is 65.6 Å². The third kappa shape index (κ3) is 3.68. The maximum absolute atomic E-state index is 13.8. The van der Waals surface area contributed by atoms with Gasteiger partial charge in [-0.1, -0.05) is 24.3 Å². The highest BCUT2D eigenvalue weighted by Crippen LogP contribution is 2.49. The minimum atomic E-state index is -3.95. The fourth-order valence-corrected chi connectivity index (χ4v) is 6.70. The summed E-state index contributed by atoms with van der Waals surface area (Å²) >= 11 is 0. The van der Waals surface area contributed by atoms with Gasteiger partial charge in [-0.25, -0.2) is 12.8 Å². The van der Waals surface area contributed by atoms with Crippen LogP contribution in [0.25, 0.3) is 11.1 Å². The molecule has 3 aromatic carbocycles. The quantitative estimate of drug-likeness (QED) is 0.612. The van der Waals surface area contributed by atoms with Crippen molar-refractivity contribution in [3.63, 3.8) is 0 Å². The van der Waals surface area contributed by atoms with Crippen LogP contribution in [0.5, 0.6) is 0 Å². The number of benzene rings is 3. The number of rotatable bonds is 4. The number of sulfonamides is 1. The van der Waals surface area contributed by atoms with Crippen molar-refractivity contribution in [3.8, 4) is 17.2 Å². The topological polar surface area (TPSA) is 93.4 Å². The summed E-state index contributed by atoms with van der Waals surface area (Å²) in [5.41, 5.74) is 3.83. The maximum Gasteiger partial charge on any atom is 0.243 e. The Morgan fingerprint density at radius 1 is 1.09 bits per heavy atom. The Bertz CT molecular complexity index is 1370. The second kappa shape index (κ2) is 8.27. The van der Waals surface area contributed by atoms with E-state index in [4.69, 9.17) is 0 Å². The normalized spacial score (nSPS) is 22.2. The SMILES string of the molecule is N#Cc1cccc(-c2ccc3c(c2)[C@H]2[C@H](CCN2S(=O)(=O)c2cccc(F)c2)[C@@H](CO)N3)c1. The average Bonchev–Trinajstić information content (AvgIpc) is 3.30. The summed E-state index contributed by atoms with van der Waals surface area (Å²) in [4.78, 5) is -0.0818. The number of aliphatic hydroxyl groups excluding tert-OH is 1. The molecule has 8 heteroatoms. The van der Waals surface area contributed by atoms with E-state index >= 15 is 0 Å². The molecule has 1 fully saturated rings. The Labute approximate surface area is 192 Å². The lowest BCUT2D eigenvalue weighted by atomic mass is 9.82. The number of aliphatic hydroxyl groups is 1. The van der Waals surface area contributed by atoms with Crippen LogP contribution < -0.4 is 5.32 Å². The van der Waals surface area contributed by atoms with Gasteiger partial charge in [0.1, 0.15) is 5.82 Å². The highest BCUT2D eigenvalue weighted by atomic mass is 32.2. The first-order valence-corrected chi connectivity index (χ1v) is 12.2. The van der Waals surface area contributed by atoms with E-state index in [-0.39, 0.29) is 30.0 Å². The lowest BCUT2D eigenvalue weighted by Gasteiger charge is -2.39. The summed E-state index contributed by atoms with van der Waals surface area (Å²) in [6.07, 6.45) is 0.574. The van der Waals surface area contributed by atoms with Gasteiger partial charge in [-0.15, -0.1) is 0 Å². The molecule has 0 saturated carbocycles. The van der Waals surface area contributed by atoms with Gasteiger partial charge in [0.05, 0.1) is 35.2 Å². The molecule has 0 aliphatic carbocycles. The molecule has 5 rings (SSSR count). The van der Waals surface area contributed by atoms with Crippen LogP contribution in [0.15, 0.2) is 71.6 Å². The van der Waals surface area contributed by atoms with Crippen LogP contribution in [-0.2, 0) is 10.0 Å². The zero-order chi connectivity index (χ0) is 23.2. The van der Waals surface area contributed by atoms with E-state index < -0.39 is 21.9 Å². The molecule has 2 heterocycles. The smallest absolute Gasteiger partial charge is 0.243 e. The zero-order valence-corrected chi connectivity index (χ0v) is 18.5. The van der Waals surface area contributed by atoms with Crippen molar-refractivity contribution >= 4 is 15.7 Å². The molecule has 0 spiro atoms. The molecule has 2 aliphatic rings. The predicted octanol–water partition coefficient (Wildman–Crippen LogP) is 3.90. The monoisotopic (exact) mass is 463 g/mol. The molecular weight excluding hydrogens is 441 g/mol. The van der Waals surface area contributed by atoms with E-state index in [1.165, 1.54) is 22.5 Å². The van der Waals surface area contributed by atoms with Gasteiger partial charge in [0.15, 0.2) is 0 Å². The molecule has 1 saturated heterocycles. The number of anilines is 1. The molecule has 2 aliphatic heterocycles. The van der Waals surface area contributed by atoms with Crippen LogP contribution in [0.4, 0.5) is 10.1 Å². The van der Waals surface area contributed by atoms with Crippen LogP contribution in [0.1, 0.15) is 23.6 Å². The molecule has 0 radical (unpaired) electrons. The molecule has 0 bridgehead atoms. The summed E-state index contributed by atoms with van der Waals surface area (Å²) in [5.74, 6) is -0.739. The van der Waals surface area contributed by atoms with Crippen molar-refractivity contribution in [2.45, 2.75) is 23.4 Å². The number of hydrogen-bond donors (Lipinski definition) is 2. The van der Waals surface area contributed by atoms with Gasteiger partial charge in [-0.3, -0.25) is 0 Å². The first-order chi connectivity index (χ1) is 15.9. The molecule has 0 unspecified atom stereocenters. The van der Waals surface area contributed by atoms with Gasteiger partial charge in [0, 0.05) is 18.2 Å². The Kier molecular flexibility index (Phi) is 5.41. The van der Waals surface area contributed by atoms with E-state index in [0.717, 1.165) is 28.4 Å². The highest BCUT2D eigenvalue weighted by molar-refractivity contribution is 7.89. The van der Waals surface area contributed by atoms with Gasteiger partial charge in [-0.2, -0.15) is 9.57 Å². The lowest BCUT2D eigenvalue weighted by molar-refractivity contribution is 0.210. The summed E-state index contributed by atoms with van der Waals surface area (Å²) in [6.45, 7) is 0.153. The van der Waals surface area contributed by atoms with Crippen LogP contribution in [0, 0.1) is 23.1 Å². The molecule has 0 amide bonds. The molecule has 6 nitrogen and oxygen atoms in total. The van der Waals surface area contributed by atoms with Crippen molar-refractivity contribution < 1.29 is 17.9 Å². The fourth-order valence-electron chi connectivity index (χ4n) is 5.00. The minimum absolute atomic E-state index is 0.0818. The summed E-state index contributed by atoms with van der Waals surface area (Å²) < 4.78 is 42.3. The number of nitriles is 1. The van der Waals surface area contributed by atoms with Crippen LogP contribution in [0.2, 0.25) is 0 Å². The van der Waals surface area contributed by atoms with Crippen LogP contribution >= 0.6 is 0 Å². The maximum atomic E-state index is 13.8. The first kappa shape index (κ1) is 21.6. The zero-order valence-electron chi connectivity index (χ0n) is 17.6. The number of nitrogens with zero attached hydrogens (tertiary/aromatic N) is 2. The van der Waals surface area contributed by atoms with E-state index in [0.29, 0.717) is 12.0 Å². The Hall–Kier alpha value is -3.25.